The highest BCUT2D eigenvalue weighted by Gasteiger charge is 2.22. The Morgan fingerprint density at radius 1 is 1.09 bits per heavy atom. The molecule has 0 atom stereocenters. The van der Waals surface area contributed by atoms with Gasteiger partial charge in [-0.05, 0) is 23.8 Å². The van der Waals surface area contributed by atoms with Crippen LogP contribution in [0, 0.1) is 5.82 Å². The molecule has 4 rings (SSSR count). The van der Waals surface area contributed by atoms with Crippen molar-refractivity contribution in [3.8, 4) is 11.5 Å². The fraction of sp³-hybridized carbons (Fsp3) is 0.360. The van der Waals surface area contributed by atoms with Crippen LogP contribution in [0.4, 0.5) is 4.39 Å². The highest BCUT2D eigenvalue weighted by molar-refractivity contribution is 7.09. The molecule has 3 aromatic rings. The molecule has 1 aromatic heterocycles. The number of nitrogens with zero attached hydrogens (tertiary/aromatic N) is 3. The first kappa shape index (κ1) is 24.1. The lowest BCUT2D eigenvalue weighted by Crippen LogP contribution is -2.40. The molecule has 2 heterocycles. The summed E-state index contributed by atoms with van der Waals surface area (Å²) in [5.74, 6) is 1.12. The van der Waals surface area contributed by atoms with E-state index in [4.69, 9.17) is 14.2 Å². The van der Waals surface area contributed by atoms with E-state index in [-0.39, 0.29) is 11.7 Å². The molecule has 7 nitrogen and oxygen atoms in total. The summed E-state index contributed by atoms with van der Waals surface area (Å²) >= 11 is 1.47. The van der Waals surface area contributed by atoms with Crippen molar-refractivity contribution in [2.24, 2.45) is 0 Å². The zero-order valence-corrected chi connectivity index (χ0v) is 20.1. The molecular formula is C25H28FN3O4S. The number of thiazole rings is 1. The molecule has 1 aliphatic rings. The molecular weight excluding hydrogens is 457 g/mol. The summed E-state index contributed by atoms with van der Waals surface area (Å²) in [5, 5.41) is 2.66. The van der Waals surface area contributed by atoms with E-state index in [0.717, 1.165) is 27.6 Å². The van der Waals surface area contributed by atoms with Crippen LogP contribution in [0.1, 0.15) is 26.6 Å². The first-order valence-electron chi connectivity index (χ1n) is 11.0. The van der Waals surface area contributed by atoms with Gasteiger partial charge in [0.25, 0.3) is 5.91 Å². The van der Waals surface area contributed by atoms with Gasteiger partial charge in [-0.25, -0.2) is 9.37 Å². The minimum absolute atomic E-state index is 0.0623. The Balaban J connectivity index is 1.53. The van der Waals surface area contributed by atoms with Gasteiger partial charge in [-0.3, -0.25) is 9.69 Å². The Hall–Kier alpha value is -3.01. The number of carbonyl (C=O) groups is 1. The van der Waals surface area contributed by atoms with Crippen LogP contribution in [0.5, 0.6) is 11.5 Å². The summed E-state index contributed by atoms with van der Waals surface area (Å²) in [6, 6.07) is 12.2. The molecule has 1 saturated heterocycles. The average Bonchev–Trinajstić information content (AvgIpc) is 3.34. The lowest BCUT2D eigenvalue weighted by Gasteiger charge is -2.26. The maximum absolute atomic E-state index is 13.4. The Bertz CT molecular complexity index is 1100. The Morgan fingerprint density at radius 3 is 2.56 bits per heavy atom. The fourth-order valence-electron chi connectivity index (χ4n) is 3.84. The zero-order chi connectivity index (χ0) is 23.9. The van der Waals surface area contributed by atoms with Crippen molar-refractivity contribution in [1.29, 1.82) is 0 Å². The van der Waals surface area contributed by atoms with Gasteiger partial charge in [-0.2, -0.15) is 0 Å². The first-order chi connectivity index (χ1) is 16.6. The van der Waals surface area contributed by atoms with Gasteiger partial charge in [0.2, 0.25) is 0 Å². The largest absolute Gasteiger partial charge is 0.497 e. The van der Waals surface area contributed by atoms with Gasteiger partial charge in [0.05, 0.1) is 34.0 Å². The predicted octanol–water partition coefficient (Wildman–Crippen LogP) is 3.97. The molecule has 1 aliphatic heterocycles. The SMILES string of the molecule is COc1ccc(CN(Cc2ccc(F)cc2)Cc2nc(C(=O)N3CCOCC3)cs2)c(OC)c1. The molecule has 0 unspecified atom stereocenters. The lowest BCUT2D eigenvalue weighted by molar-refractivity contribution is 0.0299. The van der Waals surface area contributed by atoms with Crippen molar-refractivity contribution in [3.05, 3.63) is 75.5 Å². The van der Waals surface area contributed by atoms with Gasteiger partial charge in [-0.15, -0.1) is 11.3 Å². The molecule has 9 heteroatoms. The lowest BCUT2D eigenvalue weighted by atomic mass is 10.1. The van der Waals surface area contributed by atoms with Crippen molar-refractivity contribution in [2.75, 3.05) is 40.5 Å². The Morgan fingerprint density at radius 2 is 1.85 bits per heavy atom. The highest BCUT2D eigenvalue weighted by Crippen LogP contribution is 2.27. The van der Waals surface area contributed by atoms with Crippen LogP contribution in [0.15, 0.2) is 47.8 Å². The molecule has 0 spiro atoms. The quantitative estimate of drug-likeness (QED) is 0.457. The number of methoxy groups -OCH3 is 2. The van der Waals surface area contributed by atoms with E-state index >= 15 is 0 Å². The Labute approximate surface area is 202 Å². The smallest absolute Gasteiger partial charge is 0.273 e. The predicted molar refractivity (Wildman–Crippen MR) is 128 cm³/mol. The van der Waals surface area contributed by atoms with Crippen LogP contribution in [0.3, 0.4) is 0 Å². The second-order valence-corrected chi connectivity index (χ2v) is 8.92. The molecule has 0 N–H and O–H groups in total. The third-order valence-corrected chi connectivity index (χ3v) is 6.47. The van der Waals surface area contributed by atoms with E-state index in [1.54, 1.807) is 31.3 Å². The van der Waals surface area contributed by atoms with Gasteiger partial charge < -0.3 is 19.1 Å². The van der Waals surface area contributed by atoms with E-state index in [1.165, 1.54) is 23.5 Å². The maximum atomic E-state index is 13.4. The number of halogens is 1. The van der Waals surface area contributed by atoms with E-state index in [9.17, 15) is 9.18 Å². The monoisotopic (exact) mass is 485 g/mol. The number of hydrogen-bond acceptors (Lipinski definition) is 7. The van der Waals surface area contributed by atoms with E-state index in [2.05, 4.69) is 9.88 Å². The van der Waals surface area contributed by atoms with Crippen molar-refractivity contribution in [2.45, 2.75) is 19.6 Å². The van der Waals surface area contributed by atoms with Crippen molar-refractivity contribution in [3.63, 3.8) is 0 Å². The van der Waals surface area contributed by atoms with E-state index in [0.29, 0.717) is 51.6 Å². The summed E-state index contributed by atoms with van der Waals surface area (Å²) in [5.41, 5.74) is 2.44. The first-order valence-corrected chi connectivity index (χ1v) is 11.9. The van der Waals surface area contributed by atoms with Crippen LogP contribution in [-0.2, 0) is 24.4 Å². The van der Waals surface area contributed by atoms with Crippen LogP contribution in [-0.4, -0.2) is 61.2 Å². The minimum Gasteiger partial charge on any atom is -0.497 e. The summed E-state index contributed by atoms with van der Waals surface area (Å²) in [7, 11) is 3.25. The van der Waals surface area contributed by atoms with Gasteiger partial charge in [0.1, 0.15) is 28.0 Å². The number of morpholine rings is 1. The highest BCUT2D eigenvalue weighted by atomic mass is 32.1. The van der Waals surface area contributed by atoms with Crippen molar-refractivity contribution >= 4 is 17.2 Å². The van der Waals surface area contributed by atoms with E-state index < -0.39 is 0 Å². The van der Waals surface area contributed by atoms with Crippen molar-refractivity contribution < 1.29 is 23.4 Å². The second kappa shape index (κ2) is 11.4. The van der Waals surface area contributed by atoms with Gasteiger partial charge in [0.15, 0.2) is 0 Å². The minimum atomic E-state index is -0.265. The molecule has 180 valence electrons. The number of amides is 1. The van der Waals surface area contributed by atoms with Crippen LogP contribution < -0.4 is 9.47 Å². The summed E-state index contributed by atoms with van der Waals surface area (Å²) < 4.78 is 29.7. The molecule has 0 radical (unpaired) electrons. The van der Waals surface area contributed by atoms with Gasteiger partial charge in [-0.1, -0.05) is 18.2 Å². The van der Waals surface area contributed by atoms with Gasteiger partial charge in [0, 0.05) is 43.2 Å². The number of carbonyl (C=O) groups excluding carboxylic acids is 1. The summed E-state index contributed by atoms with van der Waals surface area (Å²) in [6.45, 7) is 3.97. The molecule has 1 fully saturated rings. The van der Waals surface area contributed by atoms with Crippen LogP contribution in [0.25, 0.3) is 0 Å². The average molecular weight is 486 g/mol. The normalized spacial score (nSPS) is 13.8. The summed E-state index contributed by atoms with van der Waals surface area (Å²) in [6.07, 6.45) is 0. The molecule has 0 saturated carbocycles. The number of hydrogen-bond donors (Lipinski definition) is 0. The summed E-state index contributed by atoms with van der Waals surface area (Å²) in [4.78, 5) is 21.4. The second-order valence-electron chi connectivity index (χ2n) is 7.98. The molecule has 34 heavy (non-hydrogen) atoms. The number of benzene rings is 2. The van der Waals surface area contributed by atoms with Gasteiger partial charge >= 0.3 is 0 Å². The third kappa shape index (κ3) is 6.11. The van der Waals surface area contributed by atoms with Crippen LogP contribution >= 0.6 is 11.3 Å². The zero-order valence-electron chi connectivity index (χ0n) is 19.3. The number of aromatic nitrogens is 1. The molecule has 0 bridgehead atoms. The molecule has 0 aliphatic carbocycles. The van der Waals surface area contributed by atoms with Crippen molar-refractivity contribution in [1.82, 2.24) is 14.8 Å². The van der Waals surface area contributed by atoms with E-state index in [1.807, 2.05) is 23.6 Å². The third-order valence-electron chi connectivity index (χ3n) is 5.64. The standard InChI is InChI=1S/C25H28FN3O4S/c1-31-21-8-5-19(23(13-21)32-2)15-28(14-18-3-6-20(26)7-4-18)16-24-27-22(17-34-24)25(30)29-9-11-33-12-10-29/h3-8,13,17H,9-12,14-16H2,1-2H3. The number of ether oxygens (including phenoxy) is 3. The number of rotatable bonds is 9. The molecule has 2 aromatic carbocycles. The molecule has 1 amide bonds. The maximum Gasteiger partial charge on any atom is 0.273 e. The Kier molecular flexibility index (Phi) is 8.10. The van der Waals surface area contributed by atoms with Crippen LogP contribution in [0.2, 0.25) is 0 Å². The topological polar surface area (TPSA) is 64.1 Å². The fourth-order valence-corrected chi connectivity index (χ4v) is 4.65.